The second-order valence-corrected chi connectivity index (χ2v) is 4.23. The molecule has 1 aliphatic rings. The van der Waals surface area contributed by atoms with Gasteiger partial charge in [0.1, 0.15) is 0 Å². The highest BCUT2D eigenvalue weighted by molar-refractivity contribution is 5.75. The van der Waals surface area contributed by atoms with Crippen LogP contribution in [0.3, 0.4) is 0 Å². The van der Waals surface area contributed by atoms with Crippen molar-refractivity contribution in [2.24, 2.45) is 5.41 Å². The lowest BCUT2D eigenvalue weighted by atomic mass is 9.61. The third kappa shape index (κ3) is 1.44. The molecule has 0 aromatic carbocycles. The summed E-state index contributed by atoms with van der Waals surface area (Å²) in [7, 11) is 1.57. The number of aliphatic carboxylic acids is 1. The number of methoxy groups -OCH3 is 1. The smallest absolute Gasteiger partial charge is 0.312 e. The first-order chi connectivity index (χ1) is 5.83. The summed E-state index contributed by atoms with van der Waals surface area (Å²) >= 11 is 0. The second-order valence-electron chi connectivity index (χ2n) is 4.23. The molecule has 0 heterocycles. The predicted octanol–water partition coefficient (Wildman–Crippen LogP) is 0.637. The van der Waals surface area contributed by atoms with Crippen molar-refractivity contribution in [2.75, 3.05) is 7.11 Å². The van der Waals surface area contributed by atoms with Crippen molar-refractivity contribution in [1.82, 2.24) is 0 Å². The topological polar surface area (TPSA) is 66.8 Å². The zero-order chi connectivity index (χ0) is 10.3. The van der Waals surface area contributed by atoms with Gasteiger partial charge >= 0.3 is 5.97 Å². The number of ether oxygens (including phenoxy) is 1. The van der Waals surface area contributed by atoms with Crippen LogP contribution < -0.4 is 0 Å². The van der Waals surface area contributed by atoms with Gasteiger partial charge in [-0.05, 0) is 13.8 Å². The van der Waals surface area contributed by atoms with E-state index in [4.69, 9.17) is 9.84 Å². The average molecular weight is 188 g/mol. The maximum atomic E-state index is 10.9. The molecule has 0 atom stereocenters. The largest absolute Gasteiger partial charge is 0.481 e. The van der Waals surface area contributed by atoms with E-state index in [1.807, 2.05) is 0 Å². The van der Waals surface area contributed by atoms with E-state index in [1.165, 1.54) is 0 Å². The van der Waals surface area contributed by atoms with Gasteiger partial charge in [-0.2, -0.15) is 0 Å². The minimum Gasteiger partial charge on any atom is -0.481 e. The molecule has 0 aromatic rings. The fourth-order valence-electron chi connectivity index (χ4n) is 1.57. The molecule has 1 aliphatic carbocycles. The summed E-state index contributed by atoms with van der Waals surface area (Å²) in [5.74, 6) is -0.968. The minimum atomic E-state index is -1.11. The van der Waals surface area contributed by atoms with Gasteiger partial charge in [0, 0.05) is 20.0 Å². The number of carboxylic acid groups (broad SMARTS) is 1. The molecule has 0 bridgehead atoms. The van der Waals surface area contributed by atoms with Crippen LogP contribution in [-0.4, -0.2) is 35.0 Å². The second kappa shape index (κ2) is 2.96. The fraction of sp³-hybridized carbons (Fsp3) is 0.889. The van der Waals surface area contributed by atoms with Gasteiger partial charge in [0.2, 0.25) is 0 Å². The van der Waals surface area contributed by atoms with Crippen molar-refractivity contribution in [1.29, 1.82) is 0 Å². The lowest BCUT2D eigenvalue weighted by Gasteiger charge is -2.50. The van der Waals surface area contributed by atoms with Crippen molar-refractivity contribution >= 4 is 5.97 Å². The highest BCUT2D eigenvalue weighted by Gasteiger charge is 2.57. The van der Waals surface area contributed by atoms with E-state index in [9.17, 15) is 9.90 Å². The Morgan fingerprint density at radius 3 is 2.31 bits per heavy atom. The van der Waals surface area contributed by atoms with Crippen molar-refractivity contribution in [3.05, 3.63) is 0 Å². The molecule has 4 nitrogen and oxygen atoms in total. The van der Waals surface area contributed by atoms with Crippen LogP contribution in [0.15, 0.2) is 0 Å². The monoisotopic (exact) mass is 188 g/mol. The number of hydrogen-bond donors (Lipinski definition) is 2. The maximum absolute atomic E-state index is 10.9. The quantitative estimate of drug-likeness (QED) is 0.682. The van der Waals surface area contributed by atoms with Crippen LogP contribution in [0.25, 0.3) is 0 Å². The molecular weight excluding hydrogens is 172 g/mol. The zero-order valence-corrected chi connectivity index (χ0v) is 8.20. The van der Waals surface area contributed by atoms with Crippen LogP contribution in [-0.2, 0) is 9.53 Å². The lowest BCUT2D eigenvalue weighted by molar-refractivity contribution is -0.202. The highest BCUT2D eigenvalue weighted by atomic mass is 16.5. The average Bonchev–Trinajstić information content (AvgIpc) is 1.97. The molecule has 0 aromatic heterocycles. The van der Waals surface area contributed by atoms with E-state index in [1.54, 1.807) is 21.0 Å². The summed E-state index contributed by atoms with van der Waals surface area (Å²) in [6.45, 7) is 3.09. The third-order valence-corrected chi connectivity index (χ3v) is 3.16. The molecule has 0 unspecified atom stereocenters. The Kier molecular flexibility index (Phi) is 2.38. The predicted molar refractivity (Wildman–Crippen MR) is 46.4 cm³/mol. The molecule has 0 saturated heterocycles. The Morgan fingerprint density at radius 2 is 2.00 bits per heavy atom. The summed E-state index contributed by atoms with van der Waals surface area (Å²) in [5.41, 5.74) is -2.21. The van der Waals surface area contributed by atoms with E-state index < -0.39 is 17.0 Å². The first-order valence-corrected chi connectivity index (χ1v) is 4.32. The van der Waals surface area contributed by atoms with E-state index in [0.29, 0.717) is 12.8 Å². The third-order valence-electron chi connectivity index (χ3n) is 3.16. The van der Waals surface area contributed by atoms with Gasteiger partial charge in [0.05, 0.1) is 17.1 Å². The summed E-state index contributed by atoms with van der Waals surface area (Å²) in [4.78, 5) is 10.9. The molecular formula is C9H16O4. The molecule has 2 N–H and O–H groups in total. The van der Waals surface area contributed by atoms with Gasteiger partial charge in [-0.3, -0.25) is 4.79 Å². The van der Waals surface area contributed by atoms with Gasteiger partial charge in [-0.25, -0.2) is 0 Å². The highest BCUT2D eigenvalue weighted by Crippen LogP contribution is 2.47. The molecule has 1 rings (SSSR count). The summed E-state index contributed by atoms with van der Waals surface area (Å²) in [6, 6.07) is 0. The van der Waals surface area contributed by atoms with Crippen LogP contribution in [0.5, 0.6) is 0 Å². The van der Waals surface area contributed by atoms with Crippen LogP contribution in [0.2, 0.25) is 0 Å². The first kappa shape index (κ1) is 10.5. The minimum absolute atomic E-state index is 0.00336. The number of rotatable bonds is 3. The number of carboxylic acids is 1. The van der Waals surface area contributed by atoms with Crippen molar-refractivity contribution in [3.63, 3.8) is 0 Å². The van der Waals surface area contributed by atoms with Gasteiger partial charge < -0.3 is 14.9 Å². The molecule has 1 saturated carbocycles. The molecule has 0 spiro atoms. The van der Waals surface area contributed by atoms with Crippen LogP contribution >= 0.6 is 0 Å². The molecule has 1 fully saturated rings. The molecule has 0 radical (unpaired) electrons. The Morgan fingerprint density at radius 1 is 1.54 bits per heavy atom. The number of carbonyl (C=O) groups is 1. The summed E-state index contributed by atoms with van der Waals surface area (Å²) in [6.07, 6.45) is 0.814. The van der Waals surface area contributed by atoms with E-state index in [2.05, 4.69) is 0 Å². The lowest BCUT2D eigenvalue weighted by Crippen LogP contribution is -2.60. The van der Waals surface area contributed by atoms with Crippen LogP contribution in [0.4, 0.5) is 0 Å². The van der Waals surface area contributed by atoms with Gasteiger partial charge in [0.25, 0.3) is 0 Å². The van der Waals surface area contributed by atoms with Crippen LogP contribution in [0, 0.1) is 5.41 Å². The molecule has 4 heteroatoms. The van der Waals surface area contributed by atoms with Crippen molar-refractivity contribution < 1.29 is 19.7 Å². The first-order valence-electron chi connectivity index (χ1n) is 4.32. The van der Waals surface area contributed by atoms with Gasteiger partial charge in [-0.15, -0.1) is 0 Å². The van der Waals surface area contributed by atoms with Crippen molar-refractivity contribution in [3.8, 4) is 0 Å². The maximum Gasteiger partial charge on any atom is 0.312 e. The normalized spacial score (nSPS) is 34.0. The van der Waals surface area contributed by atoms with Gasteiger partial charge in [0.15, 0.2) is 0 Å². The molecule has 76 valence electrons. The molecule has 0 amide bonds. The van der Waals surface area contributed by atoms with Crippen molar-refractivity contribution in [2.45, 2.75) is 38.4 Å². The van der Waals surface area contributed by atoms with E-state index >= 15 is 0 Å². The zero-order valence-electron chi connectivity index (χ0n) is 8.20. The Hall–Kier alpha value is -0.610. The summed E-state index contributed by atoms with van der Waals surface area (Å²) < 4.78 is 5.00. The summed E-state index contributed by atoms with van der Waals surface area (Å²) in [5, 5.41) is 18.8. The standard InChI is InChI=1S/C9H16O4/c1-8(2,7(10)11)9(12)4-6(5-9)13-3/h6,12H,4-5H2,1-3H3,(H,10,11). The SMILES string of the molecule is COC1CC(O)(C(C)(C)C(=O)O)C1. The molecule has 13 heavy (non-hydrogen) atoms. The number of aliphatic hydroxyl groups is 1. The Bertz CT molecular complexity index is 216. The fourth-order valence-corrected chi connectivity index (χ4v) is 1.57. The Balaban J connectivity index is 2.68. The molecule has 0 aliphatic heterocycles. The van der Waals surface area contributed by atoms with E-state index in [0.717, 1.165) is 0 Å². The Labute approximate surface area is 77.5 Å². The van der Waals surface area contributed by atoms with Gasteiger partial charge in [-0.1, -0.05) is 0 Å². The van der Waals surface area contributed by atoms with E-state index in [-0.39, 0.29) is 6.10 Å². The van der Waals surface area contributed by atoms with Crippen LogP contribution in [0.1, 0.15) is 26.7 Å². The number of hydrogen-bond acceptors (Lipinski definition) is 3.